The lowest BCUT2D eigenvalue weighted by Gasteiger charge is -2.08. The number of hydrogen-bond donors (Lipinski definition) is 0. The molecule has 0 saturated carbocycles. The van der Waals surface area contributed by atoms with Crippen molar-refractivity contribution in [2.45, 2.75) is 26.7 Å². The molecular weight excluding hydrogens is 286 g/mol. The lowest BCUT2D eigenvalue weighted by molar-refractivity contribution is 0.627. The lowest BCUT2D eigenvalue weighted by atomic mass is 10.1. The van der Waals surface area contributed by atoms with E-state index in [0.29, 0.717) is 21.7 Å². The minimum atomic E-state index is -0.330. The molecule has 0 atom stereocenters. The third-order valence-corrected chi connectivity index (χ3v) is 3.33. The van der Waals surface area contributed by atoms with Crippen LogP contribution in [0.5, 0.6) is 0 Å². The van der Waals surface area contributed by atoms with Crippen LogP contribution in [0.25, 0.3) is 11.4 Å². The second-order valence-corrected chi connectivity index (χ2v) is 5.09. The van der Waals surface area contributed by atoms with E-state index in [1.807, 2.05) is 6.92 Å². The average molecular weight is 299 g/mol. The summed E-state index contributed by atoms with van der Waals surface area (Å²) >= 11 is 12.2. The van der Waals surface area contributed by atoms with Crippen molar-refractivity contribution < 1.29 is 4.39 Å². The third kappa shape index (κ3) is 3.23. The molecule has 2 aromatic rings. The predicted octanol–water partition coefficient (Wildman–Crippen LogP) is 4.85. The molecule has 0 aliphatic heterocycles. The smallest absolute Gasteiger partial charge is 0.162 e. The monoisotopic (exact) mass is 298 g/mol. The van der Waals surface area contributed by atoms with E-state index in [2.05, 4.69) is 9.97 Å². The highest BCUT2D eigenvalue weighted by Crippen LogP contribution is 2.27. The molecule has 0 N–H and O–H groups in total. The molecule has 19 heavy (non-hydrogen) atoms. The Morgan fingerprint density at radius 2 is 1.74 bits per heavy atom. The Morgan fingerprint density at radius 3 is 2.26 bits per heavy atom. The van der Waals surface area contributed by atoms with Gasteiger partial charge in [0.1, 0.15) is 16.1 Å². The number of halogens is 3. The highest BCUT2D eigenvalue weighted by atomic mass is 35.5. The minimum absolute atomic E-state index is 0.330. The second-order valence-electron chi connectivity index (χ2n) is 4.37. The maximum Gasteiger partial charge on any atom is 0.162 e. The molecule has 0 radical (unpaired) electrons. The van der Waals surface area contributed by atoms with Crippen LogP contribution in [0, 0.1) is 12.7 Å². The van der Waals surface area contributed by atoms with E-state index in [-0.39, 0.29) is 5.82 Å². The number of hydrogen-bond acceptors (Lipinski definition) is 2. The first-order valence-electron chi connectivity index (χ1n) is 6.00. The molecule has 2 nitrogen and oxygen atoms in total. The summed E-state index contributed by atoms with van der Waals surface area (Å²) in [6.45, 7) is 3.83. The average Bonchev–Trinajstić information content (AvgIpc) is 2.32. The Hall–Kier alpha value is -1.19. The van der Waals surface area contributed by atoms with Crippen LogP contribution in [0.4, 0.5) is 4.39 Å². The summed E-state index contributed by atoms with van der Waals surface area (Å²) in [5.74, 6) is 0.0148. The van der Waals surface area contributed by atoms with E-state index >= 15 is 0 Å². The number of nitrogens with zero attached hydrogens (tertiary/aromatic N) is 2. The number of aromatic nitrogens is 2. The molecule has 100 valence electrons. The molecule has 0 saturated heterocycles. The van der Waals surface area contributed by atoms with Crippen LogP contribution in [0.15, 0.2) is 18.2 Å². The van der Waals surface area contributed by atoms with Crippen molar-refractivity contribution in [3.05, 3.63) is 45.4 Å². The van der Waals surface area contributed by atoms with Crippen molar-refractivity contribution in [2.75, 3.05) is 0 Å². The first-order chi connectivity index (χ1) is 9.01. The Morgan fingerprint density at radius 1 is 1.11 bits per heavy atom. The molecule has 0 aliphatic carbocycles. The van der Waals surface area contributed by atoms with Crippen LogP contribution in [0.1, 0.15) is 24.5 Å². The van der Waals surface area contributed by atoms with Crippen molar-refractivity contribution in [1.82, 2.24) is 9.97 Å². The van der Waals surface area contributed by atoms with Gasteiger partial charge in [-0.25, -0.2) is 14.4 Å². The summed E-state index contributed by atoms with van der Waals surface area (Å²) < 4.78 is 13.4. The van der Waals surface area contributed by atoms with Gasteiger partial charge in [-0.15, -0.1) is 0 Å². The van der Waals surface area contributed by atoms with Crippen LogP contribution >= 0.6 is 23.2 Å². The maximum absolute atomic E-state index is 13.4. The molecule has 0 amide bonds. The summed E-state index contributed by atoms with van der Waals surface area (Å²) in [5, 5.41) is 0.664. The van der Waals surface area contributed by atoms with Crippen molar-refractivity contribution in [3.63, 3.8) is 0 Å². The van der Waals surface area contributed by atoms with E-state index in [4.69, 9.17) is 23.2 Å². The fourth-order valence-electron chi connectivity index (χ4n) is 1.88. The summed E-state index contributed by atoms with van der Waals surface area (Å²) in [7, 11) is 0. The summed E-state index contributed by atoms with van der Waals surface area (Å²) in [6, 6.07) is 4.61. The third-order valence-electron chi connectivity index (χ3n) is 2.71. The van der Waals surface area contributed by atoms with Gasteiger partial charge >= 0.3 is 0 Å². The van der Waals surface area contributed by atoms with Crippen LogP contribution in [-0.2, 0) is 6.42 Å². The van der Waals surface area contributed by atoms with Crippen LogP contribution < -0.4 is 0 Å². The van der Waals surface area contributed by atoms with Gasteiger partial charge in [0.2, 0.25) is 0 Å². The standard InChI is InChI=1S/C14H13Cl2FN2/c1-3-4-11-12(15)18-14(19-13(11)16)9-5-8(2)6-10(17)7-9/h5-7H,3-4H2,1-2H3. The summed E-state index contributed by atoms with van der Waals surface area (Å²) in [4.78, 5) is 8.42. The molecule has 0 spiro atoms. The maximum atomic E-state index is 13.4. The fraction of sp³-hybridized carbons (Fsp3) is 0.286. The quantitative estimate of drug-likeness (QED) is 0.757. The SMILES string of the molecule is CCCc1c(Cl)nc(-c2cc(C)cc(F)c2)nc1Cl. The Bertz CT molecular complexity index is 571. The molecule has 0 fully saturated rings. The summed E-state index contributed by atoms with van der Waals surface area (Å²) in [5.41, 5.74) is 2.11. The van der Waals surface area contributed by atoms with Crippen molar-refractivity contribution in [3.8, 4) is 11.4 Å². The second kappa shape index (κ2) is 5.85. The van der Waals surface area contributed by atoms with Gasteiger partial charge in [-0.05, 0) is 37.1 Å². The van der Waals surface area contributed by atoms with Gasteiger partial charge < -0.3 is 0 Å². The molecule has 1 aromatic heterocycles. The minimum Gasteiger partial charge on any atom is -0.216 e. The highest BCUT2D eigenvalue weighted by Gasteiger charge is 2.13. The molecule has 5 heteroatoms. The van der Waals surface area contributed by atoms with Gasteiger partial charge in [-0.3, -0.25) is 0 Å². The first kappa shape index (κ1) is 14.2. The summed E-state index contributed by atoms with van der Waals surface area (Å²) in [6.07, 6.45) is 1.63. The zero-order chi connectivity index (χ0) is 14.0. The van der Waals surface area contributed by atoms with Gasteiger partial charge in [-0.1, -0.05) is 36.5 Å². The Balaban J connectivity index is 2.51. The van der Waals surface area contributed by atoms with Gasteiger partial charge in [0.15, 0.2) is 5.82 Å². The molecule has 2 rings (SSSR count). The normalized spacial score (nSPS) is 10.8. The molecule has 1 heterocycles. The molecule has 1 aromatic carbocycles. The first-order valence-corrected chi connectivity index (χ1v) is 6.76. The van der Waals surface area contributed by atoms with Crippen LogP contribution in [-0.4, -0.2) is 9.97 Å². The van der Waals surface area contributed by atoms with E-state index in [0.717, 1.165) is 24.0 Å². The van der Waals surface area contributed by atoms with E-state index < -0.39 is 0 Å². The molecule has 0 bridgehead atoms. The zero-order valence-corrected chi connectivity index (χ0v) is 12.2. The van der Waals surface area contributed by atoms with Crippen molar-refractivity contribution in [2.24, 2.45) is 0 Å². The Kier molecular flexibility index (Phi) is 4.38. The number of aryl methyl sites for hydroxylation is 1. The van der Waals surface area contributed by atoms with Gasteiger partial charge in [-0.2, -0.15) is 0 Å². The molecule has 0 unspecified atom stereocenters. The van der Waals surface area contributed by atoms with Crippen molar-refractivity contribution in [1.29, 1.82) is 0 Å². The molecular formula is C14H13Cl2FN2. The van der Waals surface area contributed by atoms with Crippen molar-refractivity contribution >= 4 is 23.2 Å². The highest BCUT2D eigenvalue weighted by molar-refractivity contribution is 6.34. The molecule has 0 aliphatic rings. The predicted molar refractivity (Wildman–Crippen MR) is 76.2 cm³/mol. The largest absolute Gasteiger partial charge is 0.216 e. The van der Waals surface area contributed by atoms with E-state index in [1.54, 1.807) is 13.0 Å². The number of benzene rings is 1. The number of rotatable bonds is 3. The van der Waals surface area contributed by atoms with Crippen LogP contribution in [0.2, 0.25) is 10.3 Å². The Labute approximate surface area is 121 Å². The zero-order valence-electron chi connectivity index (χ0n) is 10.7. The van der Waals surface area contributed by atoms with E-state index in [9.17, 15) is 4.39 Å². The lowest BCUT2D eigenvalue weighted by Crippen LogP contribution is -1.98. The van der Waals surface area contributed by atoms with Gasteiger partial charge in [0, 0.05) is 11.1 Å². The topological polar surface area (TPSA) is 25.8 Å². The fourth-order valence-corrected chi connectivity index (χ4v) is 2.46. The van der Waals surface area contributed by atoms with E-state index in [1.165, 1.54) is 12.1 Å². The van der Waals surface area contributed by atoms with Gasteiger partial charge in [0.25, 0.3) is 0 Å². The van der Waals surface area contributed by atoms with Crippen LogP contribution in [0.3, 0.4) is 0 Å². The van der Waals surface area contributed by atoms with Gasteiger partial charge in [0.05, 0.1) is 0 Å².